The summed E-state index contributed by atoms with van der Waals surface area (Å²) in [4.78, 5) is 0. The van der Waals surface area contributed by atoms with E-state index < -0.39 is 0 Å². The molecule has 12 heavy (non-hydrogen) atoms. The molecule has 0 saturated heterocycles. The van der Waals surface area contributed by atoms with Gasteiger partial charge in [0.05, 0.1) is 18.5 Å². The Morgan fingerprint density at radius 1 is 1.75 bits per heavy atom. The Bertz CT molecular complexity index is 282. The number of rotatable bonds is 2. The van der Waals surface area contributed by atoms with Crippen LogP contribution in [0.3, 0.4) is 0 Å². The molecule has 0 fully saturated rings. The maximum absolute atomic E-state index is 5.35. The van der Waals surface area contributed by atoms with Gasteiger partial charge in [0.2, 0.25) is 0 Å². The largest absolute Gasteiger partial charge is 0.488 e. The van der Waals surface area contributed by atoms with E-state index in [1.54, 1.807) is 12.4 Å². The third kappa shape index (κ3) is 2.20. The molecule has 0 spiro atoms. The average molecular weight is 185 g/mol. The van der Waals surface area contributed by atoms with Crippen molar-refractivity contribution in [1.29, 1.82) is 0 Å². The summed E-state index contributed by atoms with van der Waals surface area (Å²) in [7, 11) is 0. The lowest BCUT2D eigenvalue weighted by Crippen LogP contribution is -2.19. The summed E-state index contributed by atoms with van der Waals surface area (Å²) >= 11 is 4.71. The van der Waals surface area contributed by atoms with E-state index in [1.165, 1.54) is 4.68 Å². The lowest BCUT2D eigenvalue weighted by molar-refractivity contribution is 0.242. The van der Waals surface area contributed by atoms with E-state index in [0.717, 1.165) is 0 Å². The molecule has 4 nitrogen and oxygen atoms in total. The summed E-state index contributed by atoms with van der Waals surface area (Å²) in [5.41, 5.74) is 5.33. The van der Waals surface area contributed by atoms with Crippen LogP contribution in [0, 0.1) is 0 Å². The van der Waals surface area contributed by atoms with E-state index in [-0.39, 0.29) is 11.2 Å². The molecule has 1 aromatic heterocycles. The van der Waals surface area contributed by atoms with Crippen molar-refractivity contribution in [2.45, 2.75) is 20.0 Å². The van der Waals surface area contributed by atoms with Gasteiger partial charge in [0.15, 0.2) is 10.9 Å². The van der Waals surface area contributed by atoms with Gasteiger partial charge in [-0.05, 0) is 26.1 Å². The first-order valence-corrected chi connectivity index (χ1v) is 4.01. The molecule has 0 radical (unpaired) electrons. The van der Waals surface area contributed by atoms with Crippen LogP contribution < -0.4 is 10.5 Å². The average Bonchev–Trinajstić information content (AvgIpc) is 2.34. The molecule has 0 aliphatic carbocycles. The van der Waals surface area contributed by atoms with Crippen molar-refractivity contribution in [3.63, 3.8) is 0 Å². The second-order valence-electron chi connectivity index (χ2n) is 2.63. The summed E-state index contributed by atoms with van der Waals surface area (Å²) in [6.45, 7) is 3.89. The Balaban J connectivity index is 2.71. The minimum Gasteiger partial charge on any atom is -0.488 e. The normalized spacial score (nSPS) is 10.2. The van der Waals surface area contributed by atoms with E-state index in [0.29, 0.717) is 5.75 Å². The summed E-state index contributed by atoms with van der Waals surface area (Å²) < 4.78 is 6.74. The van der Waals surface area contributed by atoms with Gasteiger partial charge < -0.3 is 10.5 Å². The minimum absolute atomic E-state index is 0.133. The van der Waals surface area contributed by atoms with Gasteiger partial charge in [-0.2, -0.15) is 5.10 Å². The van der Waals surface area contributed by atoms with E-state index in [4.69, 9.17) is 22.7 Å². The molecule has 0 bridgehead atoms. The van der Waals surface area contributed by atoms with E-state index >= 15 is 0 Å². The first-order chi connectivity index (χ1) is 5.59. The molecule has 5 heteroatoms. The number of hydrogen-bond acceptors (Lipinski definition) is 3. The molecule has 2 N–H and O–H groups in total. The van der Waals surface area contributed by atoms with Crippen molar-refractivity contribution >= 4 is 17.3 Å². The van der Waals surface area contributed by atoms with E-state index in [9.17, 15) is 0 Å². The number of hydrogen-bond donors (Lipinski definition) is 1. The molecular weight excluding hydrogens is 174 g/mol. The van der Waals surface area contributed by atoms with E-state index in [2.05, 4.69) is 5.10 Å². The molecule has 1 heterocycles. The molecule has 1 aromatic rings. The Labute approximate surface area is 76.3 Å². The van der Waals surface area contributed by atoms with Gasteiger partial charge in [0, 0.05) is 0 Å². The molecule has 0 aromatic carbocycles. The van der Waals surface area contributed by atoms with Crippen LogP contribution in [-0.2, 0) is 0 Å². The van der Waals surface area contributed by atoms with E-state index in [1.807, 2.05) is 13.8 Å². The summed E-state index contributed by atoms with van der Waals surface area (Å²) in [5, 5.41) is 4.11. The van der Waals surface area contributed by atoms with Crippen LogP contribution in [0.5, 0.6) is 5.75 Å². The van der Waals surface area contributed by atoms with Crippen molar-refractivity contribution in [1.82, 2.24) is 9.78 Å². The van der Waals surface area contributed by atoms with Gasteiger partial charge in [-0.1, -0.05) is 0 Å². The number of nitrogens with two attached hydrogens (primary N) is 1. The Hall–Kier alpha value is -1.10. The lowest BCUT2D eigenvalue weighted by atomic mass is 10.5. The smallest absolute Gasteiger partial charge is 0.191 e. The molecule has 0 aliphatic heterocycles. The van der Waals surface area contributed by atoms with Crippen molar-refractivity contribution in [2.75, 3.05) is 0 Å². The summed E-state index contributed by atoms with van der Waals surface area (Å²) in [6.07, 6.45) is 3.37. The number of ether oxygens (including phenoxy) is 1. The summed E-state index contributed by atoms with van der Waals surface area (Å²) in [5.74, 6) is 0.679. The Morgan fingerprint density at radius 3 is 2.83 bits per heavy atom. The minimum atomic E-state index is 0.133. The number of thiocarbonyl (C=S) groups is 1. The second kappa shape index (κ2) is 3.53. The maximum Gasteiger partial charge on any atom is 0.191 e. The fraction of sp³-hybridized carbons (Fsp3) is 0.429. The van der Waals surface area contributed by atoms with Gasteiger partial charge in [-0.15, -0.1) is 0 Å². The standard InChI is InChI=1S/C7H11N3OS/c1-5(2)11-6-3-9-10(4-6)7(8)12/h3-5H,1-2H3,(H2,8,12). The number of aromatic nitrogens is 2. The van der Waals surface area contributed by atoms with Crippen molar-refractivity contribution < 1.29 is 4.74 Å². The van der Waals surface area contributed by atoms with Crippen LogP contribution in [0.1, 0.15) is 13.8 Å². The first kappa shape index (κ1) is 8.99. The van der Waals surface area contributed by atoms with Gasteiger partial charge in [-0.25, -0.2) is 4.68 Å². The van der Waals surface area contributed by atoms with Gasteiger partial charge in [0.25, 0.3) is 0 Å². The monoisotopic (exact) mass is 185 g/mol. The SMILES string of the molecule is CC(C)Oc1cnn(C(N)=S)c1. The highest BCUT2D eigenvalue weighted by Crippen LogP contribution is 2.09. The van der Waals surface area contributed by atoms with Crippen molar-refractivity contribution in [2.24, 2.45) is 5.73 Å². The Morgan fingerprint density at radius 2 is 2.42 bits per heavy atom. The highest BCUT2D eigenvalue weighted by Gasteiger charge is 2.02. The lowest BCUT2D eigenvalue weighted by Gasteiger charge is -2.04. The fourth-order valence-electron chi connectivity index (χ4n) is 0.760. The van der Waals surface area contributed by atoms with Crippen LogP contribution in [0.4, 0.5) is 0 Å². The molecule has 0 atom stereocenters. The van der Waals surface area contributed by atoms with Crippen molar-refractivity contribution in [3.05, 3.63) is 12.4 Å². The molecule has 1 rings (SSSR count). The maximum atomic E-state index is 5.35. The zero-order valence-corrected chi connectivity index (χ0v) is 7.84. The zero-order chi connectivity index (χ0) is 9.14. The van der Waals surface area contributed by atoms with Gasteiger partial charge >= 0.3 is 0 Å². The third-order valence-corrected chi connectivity index (χ3v) is 1.34. The van der Waals surface area contributed by atoms with Gasteiger partial charge in [-0.3, -0.25) is 0 Å². The first-order valence-electron chi connectivity index (χ1n) is 3.60. The van der Waals surface area contributed by atoms with Crippen molar-refractivity contribution in [3.8, 4) is 5.75 Å². The molecule has 0 unspecified atom stereocenters. The summed E-state index contributed by atoms with van der Waals surface area (Å²) in [6, 6.07) is 0. The van der Waals surface area contributed by atoms with Crippen LogP contribution in [-0.4, -0.2) is 21.0 Å². The fourth-order valence-corrected chi connectivity index (χ4v) is 0.860. The highest BCUT2D eigenvalue weighted by atomic mass is 32.1. The molecular formula is C7H11N3OS. The molecule has 0 saturated carbocycles. The van der Waals surface area contributed by atoms with Gasteiger partial charge in [0.1, 0.15) is 0 Å². The van der Waals surface area contributed by atoms with Crippen LogP contribution in [0.15, 0.2) is 12.4 Å². The third-order valence-electron chi connectivity index (χ3n) is 1.16. The predicted molar refractivity (Wildman–Crippen MR) is 50.2 cm³/mol. The zero-order valence-electron chi connectivity index (χ0n) is 7.02. The Kier molecular flexibility index (Phi) is 2.65. The highest BCUT2D eigenvalue weighted by molar-refractivity contribution is 7.80. The second-order valence-corrected chi connectivity index (χ2v) is 3.04. The molecule has 66 valence electrons. The predicted octanol–water partition coefficient (Wildman–Crippen LogP) is 0.762. The topological polar surface area (TPSA) is 53.1 Å². The van der Waals surface area contributed by atoms with Crippen LogP contribution in [0.25, 0.3) is 0 Å². The molecule has 0 aliphatic rings. The van der Waals surface area contributed by atoms with Crippen LogP contribution in [0.2, 0.25) is 0 Å². The van der Waals surface area contributed by atoms with Crippen LogP contribution >= 0.6 is 12.2 Å². The molecule has 0 amide bonds. The quantitative estimate of drug-likeness (QED) is 0.691. The number of nitrogens with zero attached hydrogens (tertiary/aromatic N) is 2.